The van der Waals surface area contributed by atoms with Crippen LogP contribution in [0.3, 0.4) is 0 Å². The monoisotopic (exact) mass is 539 g/mol. The molecule has 188 valence electrons. The lowest BCUT2D eigenvalue weighted by molar-refractivity contribution is -0.269. The van der Waals surface area contributed by atoms with Crippen LogP contribution < -0.4 is 11.2 Å². The largest absolute Gasteiger partial charge is 0.428 e. The third-order valence-electron chi connectivity index (χ3n) is 5.91. The molecule has 13 heteroatoms. The number of urea groups is 1. The van der Waals surface area contributed by atoms with E-state index in [1.807, 2.05) is 0 Å². The fourth-order valence-corrected chi connectivity index (χ4v) is 4.46. The van der Waals surface area contributed by atoms with Crippen molar-refractivity contribution in [2.24, 2.45) is 11.7 Å². The molecule has 5 nitrogen and oxygen atoms in total. The zero-order chi connectivity index (χ0) is 25.8. The third kappa shape index (κ3) is 4.76. The summed E-state index contributed by atoms with van der Waals surface area (Å²) >= 11 is 11.3. The van der Waals surface area contributed by atoms with Crippen LogP contribution in [0, 0.1) is 5.92 Å². The summed E-state index contributed by atoms with van der Waals surface area (Å²) in [5.74, 6) is 0.218. The zero-order valence-corrected chi connectivity index (χ0v) is 19.1. The van der Waals surface area contributed by atoms with Crippen LogP contribution in [0.25, 0.3) is 5.70 Å². The molecule has 0 aliphatic carbocycles. The molecule has 2 aliphatic rings. The van der Waals surface area contributed by atoms with E-state index >= 15 is 0 Å². The van der Waals surface area contributed by atoms with Gasteiger partial charge in [0.05, 0.1) is 21.3 Å². The highest BCUT2D eigenvalue weighted by atomic mass is 35.5. The average molecular weight is 540 g/mol. The quantitative estimate of drug-likeness (QED) is 0.475. The van der Waals surface area contributed by atoms with Crippen molar-refractivity contribution in [3.63, 3.8) is 0 Å². The lowest BCUT2D eigenvalue weighted by atomic mass is 9.89. The van der Waals surface area contributed by atoms with Gasteiger partial charge in [-0.05, 0) is 41.7 Å². The van der Waals surface area contributed by atoms with Crippen molar-refractivity contribution >= 4 is 34.9 Å². The van der Waals surface area contributed by atoms with Gasteiger partial charge in [-0.2, -0.15) is 26.3 Å². The predicted octanol–water partition coefficient (Wildman–Crippen LogP) is 5.90. The molecule has 2 aromatic rings. The first-order valence-electron chi connectivity index (χ1n) is 10.2. The van der Waals surface area contributed by atoms with Crippen molar-refractivity contribution < 1.29 is 36.0 Å². The molecule has 2 amide bonds. The number of benzene rings is 2. The van der Waals surface area contributed by atoms with Crippen molar-refractivity contribution in [2.45, 2.75) is 24.4 Å². The molecule has 4 rings (SSSR count). The van der Waals surface area contributed by atoms with E-state index in [0.29, 0.717) is 37.2 Å². The van der Waals surface area contributed by atoms with E-state index in [9.17, 15) is 31.1 Å². The Hall–Kier alpha value is -2.63. The minimum atomic E-state index is -5.14. The highest BCUT2D eigenvalue weighted by molar-refractivity contribution is 6.42. The summed E-state index contributed by atoms with van der Waals surface area (Å²) < 4.78 is 82.6. The SMILES string of the molecule is NC(=O)N1CC(Cc2ccc(C3=CC(c4cc(Cl)c(Cl)c(C(F)(F)F)c4)(C(F)(F)F)ON3)cc2)C1. The maximum absolute atomic E-state index is 14.2. The molecular formula is C22H17Cl2F6N3O2. The minimum absolute atomic E-state index is 0.0861. The Kier molecular flexibility index (Phi) is 6.40. The number of halogens is 8. The van der Waals surface area contributed by atoms with Gasteiger partial charge in [0.2, 0.25) is 5.60 Å². The van der Waals surface area contributed by atoms with Crippen molar-refractivity contribution in [2.75, 3.05) is 13.1 Å². The highest BCUT2D eigenvalue weighted by Gasteiger charge is 2.60. The lowest BCUT2D eigenvalue weighted by Gasteiger charge is -2.38. The predicted molar refractivity (Wildman–Crippen MR) is 116 cm³/mol. The molecule has 0 bridgehead atoms. The fourth-order valence-electron chi connectivity index (χ4n) is 4.03. The summed E-state index contributed by atoms with van der Waals surface area (Å²) in [5, 5.41) is -1.60. The Morgan fingerprint density at radius 1 is 1.11 bits per heavy atom. The first-order chi connectivity index (χ1) is 16.2. The average Bonchev–Trinajstić information content (AvgIpc) is 3.18. The molecular weight excluding hydrogens is 523 g/mol. The smallest absolute Gasteiger partial charge is 0.351 e. The number of hydrogen-bond donors (Lipinski definition) is 2. The maximum atomic E-state index is 14.2. The van der Waals surface area contributed by atoms with Gasteiger partial charge in [-0.25, -0.2) is 4.79 Å². The molecule has 35 heavy (non-hydrogen) atoms. The summed E-state index contributed by atoms with van der Waals surface area (Å²) in [7, 11) is 0. The summed E-state index contributed by atoms with van der Waals surface area (Å²) in [6.07, 6.45) is -8.87. The van der Waals surface area contributed by atoms with E-state index in [4.69, 9.17) is 33.8 Å². The van der Waals surface area contributed by atoms with Crippen LogP contribution in [0.5, 0.6) is 0 Å². The topological polar surface area (TPSA) is 67.6 Å². The van der Waals surface area contributed by atoms with Crippen LogP contribution in [0.4, 0.5) is 31.1 Å². The van der Waals surface area contributed by atoms with Gasteiger partial charge < -0.3 is 10.6 Å². The number of rotatable bonds is 4. The number of alkyl halides is 6. The molecule has 0 aromatic heterocycles. The van der Waals surface area contributed by atoms with Crippen molar-refractivity contribution in [1.82, 2.24) is 10.4 Å². The van der Waals surface area contributed by atoms with Crippen LogP contribution in [-0.2, 0) is 23.0 Å². The first-order valence-corrected chi connectivity index (χ1v) is 10.9. The second-order valence-electron chi connectivity index (χ2n) is 8.32. The second-order valence-corrected chi connectivity index (χ2v) is 9.11. The number of hydrogen-bond acceptors (Lipinski definition) is 3. The normalized spacial score (nSPS) is 20.9. The molecule has 3 N–H and O–H groups in total. The third-order valence-corrected chi connectivity index (χ3v) is 6.71. The Balaban J connectivity index is 1.63. The van der Waals surface area contributed by atoms with Crippen LogP contribution in [0.1, 0.15) is 22.3 Å². The van der Waals surface area contributed by atoms with Crippen LogP contribution >= 0.6 is 23.2 Å². The number of hydroxylamine groups is 1. The van der Waals surface area contributed by atoms with Gasteiger partial charge in [0, 0.05) is 18.7 Å². The van der Waals surface area contributed by atoms with Gasteiger partial charge >= 0.3 is 18.4 Å². The summed E-state index contributed by atoms with van der Waals surface area (Å²) in [6, 6.07) is 7.02. The zero-order valence-electron chi connectivity index (χ0n) is 17.6. The Morgan fingerprint density at radius 2 is 1.74 bits per heavy atom. The highest BCUT2D eigenvalue weighted by Crippen LogP contribution is 2.50. The van der Waals surface area contributed by atoms with E-state index in [1.165, 1.54) is 4.90 Å². The molecule has 1 unspecified atom stereocenters. The standard InChI is InChI=1S/C22H17Cl2F6N3O2/c23-16-7-14(6-15(18(16)24)21(25,26)27)20(22(28,29)30)8-17(32-35-20)13-3-1-11(2-4-13)5-12-9-33(10-12)19(31)34/h1-4,6-8,12,32H,5,9-10H2,(H2,31,34). The Morgan fingerprint density at radius 3 is 2.29 bits per heavy atom. The van der Waals surface area contributed by atoms with Gasteiger partial charge in [0.25, 0.3) is 0 Å². The second kappa shape index (κ2) is 8.79. The number of primary amides is 1. The van der Waals surface area contributed by atoms with Gasteiger partial charge in [-0.1, -0.05) is 47.5 Å². The van der Waals surface area contributed by atoms with Gasteiger partial charge in [-0.15, -0.1) is 0 Å². The van der Waals surface area contributed by atoms with Crippen molar-refractivity contribution in [3.05, 3.63) is 74.8 Å². The van der Waals surface area contributed by atoms with E-state index < -0.39 is 45.2 Å². The summed E-state index contributed by atoms with van der Waals surface area (Å²) in [6.45, 7) is 1.05. The molecule has 0 radical (unpaired) electrons. The molecule has 1 fully saturated rings. The van der Waals surface area contributed by atoms with E-state index in [0.717, 1.165) is 5.56 Å². The number of nitrogens with one attached hydrogen (secondary N) is 1. The van der Waals surface area contributed by atoms with Crippen LogP contribution in [0.2, 0.25) is 10.0 Å². The van der Waals surface area contributed by atoms with Gasteiger partial charge in [-0.3, -0.25) is 10.3 Å². The molecule has 1 atom stereocenters. The molecule has 0 spiro atoms. The Bertz CT molecular complexity index is 1180. The number of nitrogens with zero attached hydrogens (tertiary/aromatic N) is 1. The van der Waals surface area contributed by atoms with E-state index in [-0.39, 0.29) is 17.7 Å². The summed E-state index contributed by atoms with van der Waals surface area (Å²) in [4.78, 5) is 17.5. The van der Waals surface area contributed by atoms with Crippen LogP contribution in [0.15, 0.2) is 42.5 Å². The molecule has 2 aromatic carbocycles. The molecule has 2 heterocycles. The molecule has 0 saturated carbocycles. The number of nitrogens with two attached hydrogens (primary N) is 1. The van der Waals surface area contributed by atoms with E-state index in [2.05, 4.69) is 5.48 Å². The number of amides is 2. The number of likely N-dealkylation sites (tertiary alicyclic amines) is 1. The molecule has 2 aliphatic heterocycles. The van der Waals surface area contributed by atoms with E-state index in [1.54, 1.807) is 24.3 Å². The maximum Gasteiger partial charge on any atom is 0.428 e. The van der Waals surface area contributed by atoms with Gasteiger partial charge in [0.15, 0.2) is 0 Å². The summed E-state index contributed by atoms with van der Waals surface area (Å²) in [5.41, 5.74) is 2.89. The Labute approximate surface area is 205 Å². The minimum Gasteiger partial charge on any atom is -0.351 e. The number of carbonyl (C=O) groups excluding carboxylic acids is 1. The van der Waals surface area contributed by atoms with Crippen molar-refractivity contribution in [1.29, 1.82) is 0 Å². The fraction of sp³-hybridized carbons (Fsp3) is 0.318. The van der Waals surface area contributed by atoms with Crippen molar-refractivity contribution in [3.8, 4) is 0 Å². The van der Waals surface area contributed by atoms with Gasteiger partial charge in [0.1, 0.15) is 0 Å². The van der Waals surface area contributed by atoms with Crippen LogP contribution in [-0.4, -0.2) is 30.2 Å². The lowest BCUT2D eigenvalue weighted by Crippen LogP contribution is -2.52. The molecule has 1 saturated heterocycles. The number of carbonyl (C=O) groups is 1. The first kappa shape index (κ1) is 25.5.